The van der Waals surface area contributed by atoms with E-state index in [-0.39, 0.29) is 5.57 Å². The molecule has 0 radical (unpaired) electrons. The second-order valence-electron chi connectivity index (χ2n) is 7.62. The second-order valence-corrected chi connectivity index (χ2v) is 7.62. The maximum atomic E-state index is 13.1. The third-order valence-electron chi connectivity index (χ3n) is 5.01. The lowest BCUT2D eigenvalue weighted by Crippen LogP contribution is -2.54. The molecule has 4 amide bonds. The molecular weight excluding hydrogens is 404 g/mol. The average molecular weight is 426 g/mol. The number of urea groups is 1. The van der Waals surface area contributed by atoms with E-state index in [1.807, 2.05) is 19.9 Å². The van der Waals surface area contributed by atoms with Gasteiger partial charge in [0, 0.05) is 5.56 Å². The van der Waals surface area contributed by atoms with E-state index in [1.165, 1.54) is 6.08 Å². The van der Waals surface area contributed by atoms with Gasteiger partial charge in [-0.05, 0) is 43.7 Å². The normalized spacial score (nSPS) is 15.1. The SMILES string of the molecule is Cc1cc(C)cc(COc2ccccc2/C=C2\C(=O)NC(=O)N(c3ccccc3)C2=O)c1. The molecule has 1 saturated heterocycles. The van der Waals surface area contributed by atoms with Gasteiger partial charge in [-0.1, -0.05) is 65.7 Å². The predicted molar refractivity (Wildman–Crippen MR) is 122 cm³/mol. The lowest BCUT2D eigenvalue weighted by Gasteiger charge is -2.26. The summed E-state index contributed by atoms with van der Waals surface area (Å²) in [5.74, 6) is -0.895. The van der Waals surface area contributed by atoms with Crippen molar-refractivity contribution in [3.63, 3.8) is 0 Å². The Labute approximate surface area is 186 Å². The zero-order chi connectivity index (χ0) is 22.7. The molecular formula is C26H22N2O4. The maximum Gasteiger partial charge on any atom is 0.335 e. The summed E-state index contributed by atoms with van der Waals surface area (Å²) < 4.78 is 6.01. The number of rotatable bonds is 5. The van der Waals surface area contributed by atoms with Crippen molar-refractivity contribution in [3.05, 3.63) is 101 Å². The fourth-order valence-electron chi connectivity index (χ4n) is 3.67. The minimum atomic E-state index is -0.775. The Morgan fingerprint density at radius 3 is 2.25 bits per heavy atom. The Bertz CT molecular complexity index is 1210. The topological polar surface area (TPSA) is 75.7 Å². The van der Waals surface area contributed by atoms with E-state index >= 15 is 0 Å². The lowest BCUT2D eigenvalue weighted by molar-refractivity contribution is -0.122. The number of para-hydroxylation sites is 2. The molecule has 0 spiro atoms. The van der Waals surface area contributed by atoms with Crippen molar-refractivity contribution in [2.75, 3.05) is 4.90 Å². The summed E-state index contributed by atoms with van der Waals surface area (Å²) in [7, 11) is 0. The minimum absolute atomic E-state index is 0.143. The molecule has 0 unspecified atom stereocenters. The highest BCUT2D eigenvalue weighted by atomic mass is 16.5. The molecule has 32 heavy (non-hydrogen) atoms. The summed E-state index contributed by atoms with van der Waals surface area (Å²) >= 11 is 0. The first-order valence-electron chi connectivity index (χ1n) is 10.2. The standard InChI is InChI=1S/C26H22N2O4/c1-17-12-18(2)14-19(13-17)16-32-23-11-7-6-8-20(23)15-22-24(29)27-26(31)28(25(22)30)21-9-4-3-5-10-21/h3-15H,16H2,1-2H3,(H,27,29,31)/b22-15+. The highest BCUT2D eigenvalue weighted by molar-refractivity contribution is 6.39. The Kier molecular flexibility index (Phi) is 5.85. The average Bonchev–Trinajstić information content (AvgIpc) is 2.76. The molecule has 3 aromatic rings. The number of benzene rings is 3. The molecule has 0 saturated carbocycles. The fraction of sp³-hybridized carbons (Fsp3) is 0.115. The number of imide groups is 2. The van der Waals surface area contributed by atoms with Crippen molar-refractivity contribution in [2.24, 2.45) is 0 Å². The van der Waals surface area contributed by atoms with Crippen LogP contribution < -0.4 is 15.0 Å². The largest absolute Gasteiger partial charge is 0.488 e. The number of hydrogen-bond donors (Lipinski definition) is 1. The molecule has 4 rings (SSSR count). The Hall–Kier alpha value is -4.19. The quantitative estimate of drug-likeness (QED) is 0.480. The van der Waals surface area contributed by atoms with Crippen molar-refractivity contribution in [2.45, 2.75) is 20.5 Å². The van der Waals surface area contributed by atoms with E-state index in [0.717, 1.165) is 21.6 Å². The first-order valence-corrected chi connectivity index (χ1v) is 10.2. The smallest absolute Gasteiger partial charge is 0.335 e. The summed E-state index contributed by atoms with van der Waals surface area (Å²) in [5.41, 5.74) is 4.13. The van der Waals surface area contributed by atoms with Crippen LogP contribution in [0.5, 0.6) is 5.75 Å². The number of carbonyl (C=O) groups is 3. The molecule has 6 nitrogen and oxygen atoms in total. The Balaban J connectivity index is 1.63. The van der Waals surface area contributed by atoms with Crippen LogP contribution in [0.15, 0.2) is 78.4 Å². The second kappa shape index (κ2) is 8.89. The van der Waals surface area contributed by atoms with Crippen LogP contribution in [0.4, 0.5) is 10.5 Å². The molecule has 0 aliphatic carbocycles. The fourth-order valence-corrected chi connectivity index (χ4v) is 3.67. The van der Waals surface area contributed by atoms with Crippen LogP contribution in [0.3, 0.4) is 0 Å². The molecule has 1 N–H and O–H groups in total. The molecule has 160 valence electrons. The number of hydrogen-bond acceptors (Lipinski definition) is 4. The Morgan fingerprint density at radius 2 is 1.53 bits per heavy atom. The van der Waals surface area contributed by atoms with Crippen molar-refractivity contribution in [1.29, 1.82) is 0 Å². The molecule has 1 aliphatic heterocycles. The van der Waals surface area contributed by atoms with Crippen LogP contribution >= 0.6 is 0 Å². The molecule has 3 aromatic carbocycles. The number of carbonyl (C=O) groups excluding carboxylic acids is 3. The molecule has 0 bridgehead atoms. The number of nitrogens with one attached hydrogen (secondary N) is 1. The summed E-state index contributed by atoms with van der Waals surface area (Å²) in [6.45, 7) is 4.40. The molecule has 0 atom stereocenters. The molecule has 6 heteroatoms. The Morgan fingerprint density at radius 1 is 0.875 bits per heavy atom. The van der Waals surface area contributed by atoms with Crippen LogP contribution in [0.1, 0.15) is 22.3 Å². The van der Waals surface area contributed by atoms with Gasteiger partial charge in [0.05, 0.1) is 5.69 Å². The van der Waals surface area contributed by atoms with Crippen molar-refractivity contribution < 1.29 is 19.1 Å². The van der Waals surface area contributed by atoms with E-state index in [9.17, 15) is 14.4 Å². The highest BCUT2D eigenvalue weighted by Crippen LogP contribution is 2.26. The van der Waals surface area contributed by atoms with Crippen molar-refractivity contribution in [3.8, 4) is 5.75 Å². The summed E-state index contributed by atoms with van der Waals surface area (Å²) in [6, 6.07) is 21.0. The maximum absolute atomic E-state index is 13.1. The van der Waals surface area contributed by atoms with E-state index in [1.54, 1.807) is 48.5 Å². The van der Waals surface area contributed by atoms with Gasteiger partial charge in [0.1, 0.15) is 17.9 Å². The molecule has 1 aliphatic rings. The number of anilines is 1. The van der Waals surface area contributed by atoms with Crippen LogP contribution in [0.25, 0.3) is 6.08 Å². The summed E-state index contributed by atoms with van der Waals surface area (Å²) in [4.78, 5) is 38.8. The molecule has 1 heterocycles. The first-order chi connectivity index (χ1) is 15.4. The van der Waals surface area contributed by atoms with Gasteiger partial charge in [0.15, 0.2) is 0 Å². The third kappa shape index (κ3) is 4.44. The van der Waals surface area contributed by atoms with Crippen molar-refractivity contribution in [1.82, 2.24) is 5.32 Å². The monoisotopic (exact) mass is 426 g/mol. The van der Waals surface area contributed by atoms with Gasteiger partial charge in [0.25, 0.3) is 11.8 Å². The van der Waals surface area contributed by atoms with Gasteiger partial charge in [-0.25, -0.2) is 9.69 Å². The van der Waals surface area contributed by atoms with Crippen LogP contribution in [-0.2, 0) is 16.2 Å². The summed E-state index contributed by atoms with van der Waals surface area (Å²) in [6.07, 6.45) is 1.46. The lowest BCUT2D eigenvalue weighted by atomic mass is 10.1. The van der Waals surface area contributed by atoms with Gasteiger partial charge >= 0.3 is 6.03 Å². The van der Waals surface area contributed by atoms with Gasteiger partial charge < -0.3 is 4.74 Å². The zero-order valence-corrected chi connectivity index (χ0v) is 17.8. The number of barbiturate groups is 1. The van der Waals surface area contributed by atoms with E-state index in [0.29, 0.717) is 23.6 Å². The number of ether oxygens (including phenoxy) is 1. The van der Waals surface area contributed by atoms with Crippen LogP contribution in [0.2, 0.25) is 0 Å². The van der Waals surface area contributed by atoms with Gasteiger partial charge in [-0.3, -0.25) is 14.9 Å². The zero-order valence-electron chi connectivity index (χ0n) is 17.8. The van der Waals surface area contributed by atoms with Crippen molar-refractivity contribution >= 4 is 29.6 Å². The first kappa shape index (κ1) is 21.1. The van der Waals surface area contributed by atoms with Gasteiger partial charge in [0.2, 0.25) is 0 Å². The minimum Gasteiger partial charge on any atom is -0.488 e. The van der Waals surface area contributed by atoms with E-state index in [4.69, 9.17) is 4.74 Å². The van der Waals surface area contributed by atoms with Crippen LogP contribution in [-0.4, -0.2) is 17.8 Å². The van der Waals surface area contributed by atoms with Crippen LogP contribution in [0, 0.1) is 13.8 Å². The number of aryl methyl sites for hydroxylation is 2. The number of amides is 4. The van der Waals surface area contributed by atoms with Gasteiger partial charge in [-0.15, -0.1) is 0 Å². The van der Waals surface area contributed by atoms with E-state index < -0.39 is 17.8 Å². The summed E-state index contributed by atoms with van der Waals surface area (Å²) in [5, 5.41) is 2.24. The number of nitrogens with zero attached hydrogens (tertiary/aromatic N) is 1. The van der Waals surface area contributed by atoms with Gasteiger partial charge in [-0.2, -0.15) is 0 Å². The molecule has 0 aromatic heterocycles. The highest BCUT2D eigenvalue weighted by Gasteiger charge is 2.36. The third-order valence-corrected chi connectivity index (χ3v) is 5.01. The molecule has 1 fully saturated rings. The van der Waals surface area contributed by atoms with E-state index in [2.05, 4.69) is 23.5 Å². The predicted octanol–water partition coefficient (Wildman–Crippen LogP) is 4.55.